The number of hydrogen-bond donors (Lipinski definition) is 1. The van der Waals surface area contributed by atoms with Gasteiger partial charge in [-0.15, -0.1) is 0 Å². The van der Waals surface area contributed by atoms with Crippen LogP contribution in [0.15, 0.2) is 60.7 Å². The molecule has 3 atom stereocenters. The average molecular weight is 283 g/mol. The van der Waals surface area contributed by atoms with Crippen LogP contribution in [0.2, 0.25) is 0 Å². The molecule has 3 rings (SSSR count). The lowest BCUT2D eigenvalue weighted by atomic mass is 9.96. The van der Waals surface area contributed by atoms with Gasteiger partial charge in [-0.25, -0.2) is 0 Å². The van der Waals surface area contributed by atoms with Gasteiger partial charge in [-0.3, -0.25) is 4.90 Å². The predicted molar refractivity (Wildman–Crippen MR) is 82.7 cm³/mol. The highest BCUT2D eigenvalue weighted by molar-refractivity contribution is 5.24. The third-order valence-electron chi connectivity index (χ3n) is 4.27. The zero-order valence-electron chi connectivity index (χ0n) is 12.4. The van der Waals surface area contributed by atoms with Gasteiger partial charge >= 0.3 is 0 Å². The van der Waals surface area contributed by atoms with Crippen molar-refractivity contribution >= 4 is 0 Å². The molecule has 1 heterocycles. The van der Waals surface area contributed by atoms with Crippen LogP contribution >= 0.6 is 0 Å². The van der Waals surface area contributed by atoms with Crippen LogP contribution in [-0.4, -0.2) is 29.6 Å². The van der Waals surface area contributed by atoms with Gasteiger partial charge in [0.05, 0.1) is 6.54 Å². The molecule has 1 fully saturated rings. The number of morpholine rings is 1. The summed E-state index contributed by atoms with van der Waals surface area (Å²) < 4.78 is 6.14. The molecular weight excluding hydrogens is 262 g/mol. The molecule has 2 aromatic carbocycles. The Morgan fingerprint density at radius 3 is 2.24 bits per heavy atom. The van der Waals surface area contributed by atoms with Gasteiger partial charge in [-0.1, -0.05) is 60.7 Å². The van der Waals surface area contributed by atoms with Crippen LogP contribution in [0.4, 0.5) is 0 Å². The molecule has 1 aliphatic heterocycles. The summed E-state index contributed by atoms with van der Waals surface area (Å²) in [5, 5.41) is 11.0. The number of rotatable bonds is 2. The second kappa shape index (κ2) is 5.60. The van der Waals surface area contributed by atoms with Gasteiger partial charge in [-0.2, -0.15) is 0 Å². The minimum atomic E-state index is -1.27. The zero-order valence-corrected chi connectivity index (χ0v) is 12.4. The van der Waals surface area contributed by atoms with Crippen LogP contribution in [0.1, 0.15) is 24.2 Å². The van der Waals surface area contributed by atoms with Gasteiger partial charge in [0, 0.05) is 11.6 Å². The number of benzene rings is 2. The molecule has 1 N–H and O–H groups in total. The lowest BCUT2D eigenvalue weighted by Crippen LogP contribution is -2.53. The van der Waals surface area contributed by atoms with Crippen molar-refractivity contribution in [1.29, 1.82) is 0 Å². The second-order valence-electron chi connectivity index (χ2n) is 5.76. The molecule has 0 saturated carbocycles. The molecule has 0 unspecified atom stereocenters. The van der Waals surface area contributed by atoms with E-state index in [-0.39, 0.29) is 12.1 Å². The highest BCUT2D eigenvalue weighted by Crippen LogP contribution is 2.38. The van der Waals surface area contributed by atoms with Gasteiger partial charge in [-0.05, 0) is 19.5 Å². The summed E-state index contributed by atoms with van der Waals surface area (Å²) in [5.41, 5.74) is 1.88. The Morgan fingerprint density at radius 1 is 1.05 bits per heavy atom. The van der Waals surface area contributed by atoms with Crippen molar-refractivity contribution in [2.45, 2.75) is 24.9 Å². The molecule has 0 amide bonds. The fourth-order valence-corrected chi connectivity index (χ4v) is 2.91. The summed E-state index contributed by atoms with van der Waals surface area (Å²) in [6.07, 6.45) is -0.157. The normalized spacial score (nSPS) is 30.2. The van der Waals surface area contributed by atoms with E-state index in [2.05, 4.69) is 11.8 Å². The summed E-state index contributed by atoms with van der Waals surface area (Å²) in [4.78, 5) is 2.15. The van der Waals surface area contributed by atoms with Crippen LogP contribution < -0.4 is 0 Å². The van der Waals surface area contributed by atoms with Crippen molar-refractivity contribution in [3.8, 4) is 0 Å². The molecule has 1 aliphatic rings. The quantitative estimate of drug-likeness (QED) is 0.920. The summed E-state index contributed by atoms with van der Waals surface area (Å²) in [6, 6.07) is 19.9. The number of nitrogens with zero attached hydrogens (tertiary/aromatic N) is 1. The number of hydrogen-bond acceptors (Lipinski definition) is 3. The van der Waals surface area contributed by atoms with Crippen LogP contribution in [0.3, 0.4) is 0 Å². The number of aliphatic hydroxyl groups is 1. The van der Waals surface area contributed by atoms with Crippen LogP contribution in [0.25, 0.3) is 0 Å². The van der Waals surface area contributed by atoms with E-state index in [4.69, 9.17) is 4.74 Å². The van der Waals surface area contributed by atoms with Crippen molar-refractivity contribution in [3.05, 3.63) is 71.8 Å². The molecule has 0 spiro atoms. The van der Waals surface area contributed by atoms with Gasteiger partial charge < -0.3 is 9.84 Å². The van der Waals surface area contributed by atoms with E-state index in [1.165, 1.54) is 0 Å². The predicted octanol–water partition coefficient (Wildman–Crippen LogP) is 2.92. The van der Waals surface area contributed by atoms with E-state index in [1.54, 1.807) is 0 Å². The smallest absolute Gasteiger partial charge is 0.206 e. The lowest BCUT2D eigenvalue weighted by molar-refractivity contribution is -0.289. The minimum absolute atomic E-state index is 0.157. The van der Waals surface area contributed by atoms with Crippen molar-refractivity contribution in [2.75, 3.05) is 13.6 Å². The molecule has 3 nitrogen and oxygen atoms in total. The number of ether oxygens (including phenoxy) is 1. The Morgan fingerprint density at radius 2 is 1.62 bits per heavy atom. The number of likely N-dealkylation sites (N-methyl/N-ethyl adjacent to an activating group) is 1. The van der Waals surface area contributed by atoms with E-state index in [9.17, 15) is 5.11 Å². The van der Waals surface area contributed by atoms with E-state index in [0.717, 1.165) is 11.1 Å². The van der Waals surface area contributed by atoms with Crippen LogP contribution in [-0.2, 0) is 10.5 Å². The Kier molecular flexibility index (Phi) is 3.81. The summed E-state index contributed by atoms with van der Waals surface area (Å²) in [7, 11) is 2.02. The average Bonchev–Trinajstić information content (AvgIpc) is 2.53. The van der Waals surface area contributed by atoms with Gasteiger partial charge in [0.15, 0.2) is 0 Å². The summed E-state index contributed by atoms with van der Waals surface area (Å²) in [5.74, 6) is -1.27. The van der Waals surface area contributed by atoms with Gasteiger partial charge in [0.25, 0.3) is 0 Å². The first-order valence-corrected chi connectivity index (χ1v) is 7.31. The molecule has 3 heteroatoms. The Labute approximate surface area is 125 Å². The summed E-state index contributed by atoms with van der Waals surface area (Å²) in [6.45, 7) is 2.59. The fraction of sp³-hybridized carbons (Fsp3) is 0.333. The maximum atomic E-state index is 11.0. The van der Waals surface area contributed by atoms with Crippen molar-refractivity contribution in [1.82, 2.24) is 4.90 Å². The van der Waals surface area contributed by atoms with Crippen LogP contribution in [0.5, 0.6) is 0 Å². The molecule has 0 radical (unpaired) electrons. The second-order valence-corrected chi connectivity index (χ2v) is 5.76. The van der Waals surface area contributed by atoms with Crippen molar-refractivity contribution in [3.63, 3.8) is 0 Å². The molecule has 1 saturated heterocycles. The highest BCUT2D eigenvalue weighted by Gasteiger charge is 2.43. The molecule has 2 aromatic rings. The topological polar surface area (TPSA) is 32.7 Å². The van der Waals surface area contributed by atoms with Crippen molar-refractivity contribution in [2.24, 2.45) is 0 Å². The maximum absolute atomic E-state index is 11.0. The molecule has 0 aromatic heterocycles. The molecule has 21 heavy (non-hydrogen) atoms. The van der Waals surface area contributed by atoms with E-state index >= 15 is 0 Å². The third kappa shape index (κ3) is 2.72. The van der Waals surface area contributed by atoms with E-state index < -0.39 is 5.79 Å². The van der Waals surface area contributed by atoms with Gasteiger partial charge in [0.2, 0.25) is 5.79 Å². The van der Waals surface area contributed by atoms with Gasteiger partial charge in [0.1, 0.15) is 6.10 Å². The molecule has 110 valence electrons. The Balaban J connectivity index is 1.95. The first-order valence-electron chi connectivity index (χ1n) is 7.31. The Bertz CT molecular complexity index is 587. The standard InChI is InChI=1S/C18H21NO2/c1-14-17(15-9-5-3-6-10-15)21-18(20,13-19(14)2)16-11-7-4-8-12-16/h3-12,14,17,20H,13H2,1-2H3/t14-,17+,18+/m0/s1. The third-order valence-corrected chi connectivity index (χ3v) is 4.27. The SMILES string of the molecule is C[C@H]1[C@H](c2ccccc2)O[C@@](O)(c2ccccc2)CN1C. The number of β-amino-alcohol motifs (C(OH)–C–C–N with tert-alkyl or cyclic N) is 1. The largest absolute Gasteiger partial charge is 0.361 e. The fourth-order valence-electron chi connectivity index (χ4n) is 2.91. The molecular formula is C18H21NO2. The zero-order chi connectivity index (χ0) is 14.9. The maximum Gasteiger partial charge on any atom is 0.206 e. The van der Waals surface area contributed by atoms with Crippen LogP contribution in [0, 0.1) is 0 Å². The summed E-state index contributed by atoms with van der Waals surface area (Å²) >= 11 is 0. The Hall–Kier alpha value is -1.68. The lowest BCUT2D eigenvalue weighted by Gasteiger charge is -2.46. The van der Waals surface area contributed by atoms with E-state index in [1.807, 2.05) is 67.7 Å². The highest BCUT2D eigenvalue weighted by atomic mass is 16.6. The first-order chi connectivity index (χ1) is 10.1. The van der Waals surface area contributed by atoms with Crippen molar-refractivity contribution < 1.29 is 9.84 Å². The minimum Gasteiger partial charge on any atom is -0.361 e. The monoisotopic (exact) mass is 283 g/mol. The van der Waals surface area contributed by atoms with E-state index in [0.29, 0.717) is 6.54 Å². The molecule has 0 aliphatic carbocycles. The molecule has 0 bridgehead atoms. The first kappa shape index (κ1) is 14.3.